The van der Waals surface area contributed by atoms with Gasteiger partial charge >= 0.3 is 5.69 Å². The molecule has 0 fully saturated rings. The van der Waals surface area contributed by atoms with Crippen molar-refractivity contribution in [3.05, 3.63) is 28.8 Å². The monoisotopic (exact) mass is 206 g/mol. The van der Waals surface area contributed by atoms with E-state index in [1.54, 1.807) is 12.1 Å². The van der Waals surface area contributed by atoms with E-state index in [-0.39, 0.29) is 0 Å². The van der Waals surface area contributed by atoms with Crippen LogP contribution in [0.2, 0.25) is 0 Å². The van der Waals surface area contributed by atoms with E-state index in [0.29, 0.717) is 33.5 Å². The van der Waals surface area contributed by atoms with Crippen molar-refractivity contribution in [3.63, 3.8) is 0 Å². The van der Waals surface area contributed by atoms with Gasteiger partial charge < -0.3 is 0 Å². The van der Waals surface area contributed by atoms with Gasteiger partial charge in [0.2, 0.25) is 0 Å². The fraction of sp³-hybridized carbons (Fsp3) is 0.111. The van der Waals surface area contributed by atoms with Crippen LogP contribution in [0.15, 0.2) is 18.2 Å². The Morgan fingerprint density at radius 2 is 2.33 bits per heavy atom. The summed E-state index contributed by atoms with van der Waals surface area (Å²) in [6, 6.07) is 4.73. The topological polar surface area (TPSA) is 75.1 Å². The van der Waals surface area contributed by atoms with Gasteiger partial charge in [0.05, 0.1) is 10.4 Å². The lowest BCUT2D eigenvalue weighted by molar-refractivity contribution is -0.736. The molecule has 0 aliphatic heterocycles. The number of hydrogen-bond donors (Lipinski definition) is 1. The largest absolute Gasteiger partial charge is 0.319 e. The number of nitrogens with zero attached hydrogens (tertiary/aromatic N) is 2. The summed E-state index contributed by atoms with van der Waals surface area (Å²) in [4.78, 5) is 26.6. The Bertz CT molecular complexity index is 532. The molecule has 6 heteroatoms. The predicted molar refractivity (Wildman–Crippen MR) is 51.8 cm³/mol. The number of hydrogen-bond acceptors (Lipinski definition) is 4. The molecule has 0 atom stereocenters. The molecule has 0 aliphatic carbocycles. The molecule has 1 heterocycles. The van der Waals surface area contributed by atoms with Crippen molar-refractivity contribution >= 4 is 22.9 Å². The van der Waals surface area contributed by atoms with Gasteiger partial charge in [0.1, 0.15) is 5.69 Å². The van der Waals surface area contributed by atoms with Crippen LogP contribution in [0.25, 0.3) is 10.9 Å². The first-order valence-electron chi connectivity index (χ1n) is 4.21. The Morgan fingerprint density at radius 3 is 3.00 bits per heavy atom. The fourth-order valence-corrected chi connectivity index (χ4v) is 1.33. The molecule has 2 aromatic rings. The molecule has 0 saturated heterocycles. The van der Waals surface area contributed by atoms with Gasteiger partial charge in [-0.2, -0.15) is 5.10 Å². The zero-order valence-corrected chi connectivity index (χ0v) is 7.93. The Hall–Kier alpha value is -2.24. The Morgan fingerprint density at radius 1 is 1.53 bits per heavy atom. The van der Waals surface area contributed by atoms with Crippen molar-refractivity contribution < 1.29 is 14.6 Å². The second-order valence-corrected chi connectivity index (χ2v) is 2.90. The number of fused-ring (bicyclic) bond motifs is 1. The molecule has 0 amide bonds. The number of benzene rings is 1. The van der Waals surface area contributed by atoms with Crippen LogP contribution in [0.4, 0.5) is 5.69 Å². The minimum absolute atomic E-state index is 0.328. The second-order valence-electron chi connectivity index (χ2n) is 2.90. The van der Waals surface area contributed by atoms with Gasteiger partial charge in [-0.05, 0) is 6.07 Å². The summed E-state index contributed by atoms with van der Waals surface area (Å²) in [5, 5.41) is 7.14. The Kier molecular flexibility index (Phi) is 2.17. The normalized spacial score (nSPS) is 10.2. The standard InChI is InChI=1S/C9H7N3O3/c1-15-12(14)6-2-3-7-8(4-6)10-11-9(7)5-13/h2-5H,1H3/p+1. The van der Waals surface area contributed by atoms with Gasteiger partial charge in [0, 0.05) is 17.5 Å². The molecule has 0 radical (unpaired) electrons. The molecule has 2 rings (SSSR count). The van der Waals surface area contributed by atoms with Crippen molar-refractivity contribution in [1.29, 1.82) is 0 Å². The van der Waals surface area contributed by atoms with Crippen LogP contribution in [0.1, 0.15) is 10.5 Å². The molecule has 0 aliphatic rings. The first-order valence-corrected chi connectivity index (χ1v) is 4.21. The average Bonchev–Trinajstić information content (AvgIpc) is 2.69. The highest BCUT2D eigenvalue weighted by Gasteiger charge is 2.16. The maximum Gasteiger partial charge on any atom is 0.319 e. The molecule has 15 heavy (non-hydrogen) atoms. The van der Waals surface area contributed by atoms with Crippen LogP contribution in [0.5, 0.6) is 0 Å². The smallest absolute Gasteiger partial charge is 0.296 e. The number of aromatic amines is 1. The van der Waals surface area contributed by atoms with E-state index in [2.05, 4.69) is 15.0 Å². The molecule has 0 spiro atoms. The predicted octanol–water partition coefficient (Wildman–Crippen LogP) is 1.35. The lowest BCUT2D eigenvalue weighted by atomic mass is 10.2. The van der Waals surface area contributed by atoms with E-state index in [1.807, 2.05) is 0 Å². The van der Waals surface area contributed by atoms with E-state index >= 15 is 0 Å². The maximum absolute atomic E-state index is 11.1. The molecule has 1 aromatic heterocycles. The van der Waals surface area contributed by atoms with E-state index < -0.39 is 0 Å². The van der Waals surface area contributed by atoms with Gasteiger partial charge in [0.15, 0.2) is 13.4 Å². The minimum Gasteiger partial charge on any atom is -0.296 e. The van der Waals surface area contributed by atoms with Crippen LogP contribution in [-0.2, 0) is 4.84 Å². The molecule has 1 aromatic carbocycles. The van der Waals surface area contributed by atoms with Crippen molar-refractivity contribution in [2.24, 2.45) is 0 Å². The third-order valence-corrected chi connectivity index (χ3v) is 2.06. The van der Waals surface area contributed by atoms with Crippen molar-refractivity contribution in [2.45, 2.75) is 0 Å². The molecular weight excluding hydrogens is 198 g/mol. The molecule has 76 valence electrons. The zero-order chi connectivity index (χ0) is 10.8. The quantitative estimate of drug-likeness (QED) is 0.607. The van der Waals surface area contributed by atoms with E-state index in [4.69, 9.17) is 0 Å². The number of rotatable bonds is 3. The van der Waals surface area contributed by atoms with Gasteiger partial charge in [-0.1, -0.05) is 0 Å². The summed E-state index contributed by atoms with van der Waals surface area (Å²) >= 11 is 0. The van der Waals surface area contributed by atoms with E-state index in [9.17, 15) is 9.70 Å². The van der Waals surface area contributed by atoms with Crippen LogP contribution in [-0.4, -0.2) is 28.5 Å². The first-order chi connectivity index (χ1) is 7.26. The van der Waals surface area contributed by atoms with Gasteiger partial charge in [-0.25, -0.2) is 4.84 Å². The third kappa shape index (κ3) is 1.45. The van der Waals surface area contributed by atoms with Crippen molar-refractivity contribution in [2.75, 3.05) is 7.11 Å². The number of nitrogens with one attached hydrogen (secondary N) is 1. The average molecular weight is 206 g/mol. The lowest BCUT2D eigenvalue weighted by Gasteiger charge is -1.89. The van der Waals surface area contributed by atoms with Crippen LogP contribution in [0.3, 0.4) is 0 Å². The summed E-state index contributed by atoms with van der Waals surface area (Å²) in [5.74, 6) is 0. The highest BCUT2D eigenvalue weighted by Crippen LogP contribution is 2.20. The lowest BCUT2D eigenvalue weighted by Crippen LogP contribution is -1.97. The molecule has 6 nitrogen and oxygen atoms in total. The minimum atomic E-state index is 0.328. The highest BCUT2D eigenvalue weighted by atomic mass is 16.8. The molecule has 1 N–H and O–H groups in total. The number of aromatic nitrogens is 2. The fourth-order valence-electron chi connectivity index (χ4n) is 1.33. The number of aldehydes is 1. The van der Waals surface area contributed by atoms with E-state index in [1.165, 1.54) is 13.2 Å². The number of carbonyl (C=O) groups excluding carboxylic acids is 1. The third-order valence-electron chi connectivity index (χ3n) is 2.06. The Labute approximate surface area is 84.4 Å². The van der Waals surface area contributed by atoms with Crippen LogP contribution < -0.4 is 0 Å². The summed E-state index contributed by atoms with van der Waals surface area (Å²) in [6.45, 7) is 0. The first kappa shape index (κ1) is 9.32. The van der Waals surface area contributed by atoms with Crippen LogP contribution in [0, 0.1) is 4.91 Å². The highest BCUT2D eigenvalue weighted by molar-refractivity contribution is 5.95. The SMILES string of the molecule is CO[N+](=O)c1ccc2c(C=O)[nH]nc2c1. The Balaban J connectivity index is 2.58. The van der Waals surface area contributed by atoms with Gasteiger partial charge in [-0.3, -0.25) is 9.89 Å². The van der Waals surface area contributed by atoms with E-state index in [0.717, 1.165) is 0 Å². The summed E-state index contributed by atoms with van der Waals surface area (Å²) < 4.78 is 0. The second kappa shape index (κ2) is 3.49. The zero-order valence-electron chi connectivity index (χ0n) is 7.93. The molecular formula is C9H8N3O3+. The maximum atomic E-state index is 11.1. The van der Waals surface area contributed by atoms with Crippen molar-refractivity contribution in [1.82, 2.24) is 10.2 Å². The van der Waals surface area contributed by atoms with Crippen molar-refractivity contribution in [3.8, 4) is 0 Å². The molecule has 0 saturated carbocycles. The number of carbonyl (C=O) groups is 1. The van der Waals surface area contributed by atoms with Gasteiger partial charge in [0.25, 0.3) is 4.92 Å². The molecule has 0 unspecified atom stereocenters. The van der Waals surface area contributed by atoms with Crippen LogP contribution >= 0.6 is 0 Å². The number of H-pyrrole nitrogens is 1. The summed E-state index contributed by atoms with van der Waals surface area (Å²) in [7, 11) is 1.28. The van der Waals surface area contributed by atoms with Gasteiger partial charge in [-0.15, -0.1) is 0 Å². The summed E-state index contributed by atoms with van der Waals surface area (Å²) in [6.07, 6.45) is 0.681. The molecule has 0 bridgehead atoms. The summed E-state index contributed by atoms with van der Waals surface area (Å²) in [5.41, 5.74) is 1.27.